The quantitative estimate of drug-likeness (QED) is 0.715. The molecule has 0 unspecified atom stereocenters. The van der Waals surface area contributed by atoms with Gasteiger partial charge in [0.15, 0.2) is 0 Å². The van der Waals surface area contributed by atoms with E-state index < -0.39 is 11.7 Å². The van der Waals surface area contributed by atoms with Gasteiger partial charge in [0.2, 0.25) is 0 Å². The van der Waals surface area contributed by atoms with Gasteiger partial charge < -0.3 is 4.74 Å². The van der Waals surface area contributed by atoms with Gasteiger partial charge in [-0.1, -0.05) is 27.7 Å². The second kappa shape index (κ2) is 7.20. The summed E-state index contributed by atoms with van der Waals surface area (Å²) in [7, 11) is 0. The lowest BCUT2D eigenvalue weighted by atomic mass is 10.2. The zero-order valence-corrected chi connectivity index (χ0v) is 15.1. The van der Waals surface area contributed by atoms with Crippen LogP contribution in [-0.4, -0.2) is 11.7 Å². The third-order valence-corrected chi connectivity index (χ3v) is 4.09. The van der Waals surface area contributed by atoms with Crippen molar-refractivity contribution in [3.63, 3.8) is 0 Å². The molecule has 2 rings (SSSR count). The lowest BCUT2D eigenvalue weighted by Gasteiger charge is -2.19. The van der Waals surface area contributed by atoms with Crippen molar-refractivity contribution in [1.29, 1.82) is 0 Å². The highest BCUT2D eigenvalue weighted by molar-refractivity contribution is 9.10. The maximum absolute atomic E-state index is 11.7. The first kappa shape index (κ1) is 16.9. The molecule has 0 saturated carbocycles. The molecule has 2 aromatic rings. The van der Waals surface area contributed by atoms with E-state index in [4.69, 9.17) is 4.74 Å². The van der Waals surface area contributed by atoms with Gasteiger partial charge in [0.1, 0.15) is 5.60 Å². The number of ether oxygens (including phenoxy) is 1. The number of hydrogen-bond donors (Lipinski definition) is 1. The molecule has 1 N–H and O–H groups in total. The SMILES string of the molecule is CC(C)(C)OC(=O)Nc1ccc(Sc2ccc(Br)cc2)cc1. The van der Waals surface area contributed by atoms with Crippen LogP contribution in [0.25, 0.3) is 0 Å². The normalized spacial score (nSPS) is 11.1. The van der Waals surface area contributed by atoms with Crippen molar-refractivity contribution in [2.24, 2.45) is 0 Å². The molecule has 0 spiro atoms. The first-order valence-corrected chi connectivity index (χ1v) is 8.46. The number of halogens is 1. The monoisotopic (exact) mass is 379 g/mol. The Morgan fingerprint density at radius 2 is 1.50 bits per heavy atom. The Morgan fingerprint density at radius 3 is 2.00 bits per heavy atom. The third-order valence-electron chi connectivity index (χ3n) is 2.55. The zero-order chi connectivity index (χ0) is 16.2. The summed E-state index contributed by atoms with van der Waals surface area (Å²) in [6.07, 6.45) is -0.444. The maximum atomic E-state index is 11.7. The molecular weight excluding hydrogens is 362 g/mol. The van der Waals surface area contributed by atoms with Gasteiger partial charge in [-0.15, -0.1) is 0 Å². The molecular formula is C17H18BrNO2S. The molecule has 0 fully saturated rings. The van der Waals surface area contributed by atoms with Crippen LogP contribution in [-0.2, 0) is 4.74 Å². The molecule has 3 nitrogen and oxygen atoms in total. The van der Waals surface area contributed by atoms with E-state index in [0.29, 0.717) is 0 Å². The number of nitrogens with one attached hydrogen (secondary N) is 1. The van der Waals surface area contributed by atoms with Crippen LogP contribution in [0.5, 0.6) is 0 Å². The van der Waals surface area contributed by atoms with Crippen LogP contribution in [0.2, 0.25) is 0 Å². The van der Waals surface area contributed by atoms with Crippen LogP contribution in [0, 0.1) is 0 Å². The molecule has 0 radical (unpaired) electrons. The number of carbonyl (C=O) groups is 1. The Kier molecular flexibility index (Phi) is 5.53. The molecule has 0 heterocycles. The molecule has 0 aliphatic rings. The van der Waals surface area contributed by atoms with E-state index in [1.54, 1.807) is 11.8 Å². The standard InChI is InChI=1S/C17H18BrNO2S/c1-17(2,3)21-16(20)19-13-6-10-15(11-7-13)22-14-8-4-12(18)5-9-14/h4-11H,1-3H3,(H,19,20). The molecule has 5 heteroatoms. The highest BCUT2D eigenvalue weighted by Gasteiger charge is 2.16. The molecule has 2 aromatic carbocycles. The molecule has 0 bridgehead atoms. The van der Waals surface area contributed by atoms with E-state index in [0.717, 1.165) is 20.0 Å². The van der Waals surface area contributed by atoms with E-state index in [-0.39, 0.29) is 0 Å². The lowest BCUT2D eigenvalue weighted by Crippen LogP contribution is -2.27. The van der Waals surface area contributed by atoms with E-state index in [9.17, 15) is 4.79 Å². The average Bonchev–Trinajstić information content (AvgIpc) is 2.41. The summed E-state index contributed by atoms with van der Waals surface area (Å²) < 4.78 is 6.28. The van der Waals surface area contributed by atoms with Gasteiger partial charge in [-0.05, 0) is 69.3 Å². The minimum absolute atomic E-state index is 0.444. The van der Waals surface area contributed by atoms with Crippen molar-refractivity contribution in [3.05, 3.63) is 53.0 Å². The van der Waals surface area contributed by atoms with Gasteiger partial charge >= 0.3 is 6.09 Å². The predicted octanol–water partition coefficient (Wildman–Crippen LogP) is 5.95. The van der Waals surface area contributed by atoms with Crippen molar-refractivity contribution in [2.45, 2.75) is 36.2 Å². The van der Waals surface area contributed by atoms with Crippen molar-refractivity contribution in [1.82, 2.24) is 0 Å². The second-order valence-electron chi connectivity index (χ2n) is 5.71. The van der Waals surface area contributed by atoms with Gasteiger partial charge in [0, 0.05) is 20.0 Å². The fourth-order valence-corrected chi connectivity index (χ4v) is 2.75. The first-order chi connectivity index (χ1) is 10.3. The summed E-state index contributed by atoms with van der Waals surface area (Å²) in [4.78, 5) is 14.0. The molecule has 0 aromatic heterocycles. The molecule has 0 aliphatic heterocycles. The molecule has 0 saturated heterocycles. The number of hydrogen-bond acceptors (Lipinski definition) is 3. The number of anilines is 1. The predicted molar refractivity (Wildman–Crippen MR) is 94.6 cm³/mol. The van der Waals surface area contributed by atoms with Gasteiger partial charge in [-0.25, -0.2) is 4.79 Å². The Hall–Kier alpha value is -1.46. The van der Waals surface area contributed by atoms with Crippen LogP contribution < -0.4 is 5.32 Å². The highest BCUT2D eigenvalue weighted by atomic mass is 79.9. The van der Waals surface area contributed by atoms with Crippen LogP contribution in [0.15, 0.2) is 62.8 Å². The summed E-state index contributed by atoms with van der Waals surface area (Å²) in [5.74, 6) is 0. The number of amides is 1. The smallest absolute Gasteiger partial charge is 0.412 e. The maximum Gasteiger partial charge on any atom is 0.412 e. The summed E-state index contributed by atoms with van der Waals surface area (Å²) in [6, 6.07) is 15.8. The minimum atomic E-state index is -0.499. The molecule has 1 amide bonds. The second-order valence-corrected chi connectivity index (χ2v) is 7.77. The highest BCUT2D eigenvalue weighted by Crippen LogP contribution is 2.29. The molecule has 22 heavy (non-hydrogen) atoms. The minimum Gasteiger partial charge on any atom is -0.444 e. The molecule has 116 valence electrons. The van der Waals surface area contributed by atoms with Crippen LogP contribution >= 0.6 is 27.7 Å². The topological polar surface area (TPSA) is 38.3 Å². The number of carbonyl (C=O) groups excluding carboxylic acids is 1. The Labute approximate surface area is 143 Å². The van der Waals surface area contributed by atoms with E-state index in [2.05, 4.69) is 33.4 Å². The van der Waals surface area contributed by atoms with Gasteiger partial charge in [-0.3, -0.25) is 5.32 Å². The van der Waals surface area contributed by atoms with Gasteiger partial charge in [0.25, 0.3) is 0 Å². The Morgan fingerprint density at radius 1 is 1.00 bits per heavy atom. The fourth-order valence-electron chi connectivity index (χ4n) is 1.67. The van der Waals surface area contributed by atoms with Crippen molar-refractivity contribution < 1.29 is 9.53 Å². The van der Waals surface area contributed by atoms with E-state index >= 15 is 0 Å². The summed E-state index contributed by atoms with van der Waals surface area (Å²) >= 11 is 5.09. The summed E-state index contributed by atoms with van der Waals surface area (Å²) in [5, 5.41) is 2.72. The number of rotatable bonds is 3. The first-order valence-electron chi connectivity index (χ1n) is 6.85. The lowest BCUT2D eigenvalue weighted by molar-refractivity contribution is 0.0636. The number of benzene rings is 2. The third kappa shape index (κ3) is 5.73. The van der Waals surface area contributed by atoms with Crippen molar-refractivity contribution >= 4 is 39.5 Å². The van der Waals surface area contributed by atoms with Crippen molar-refractivity contribution in [3.8, 4) is 0 Å². The Bertz CT molecular complexity index is 633. The summed E-state index contributed by atoms with van der Waals surface area (Å²) in [6.45, 7) is 5.51. The Balaban J connectivity index is 1.95. The van der Waals surface area contributed by atoms with Crippen molar-refractivity contribution in [2.75, 3.05) is 5.32 Å². The van der Waals surface area contributed by atoms with E-state index in [1.807, 2.05) is 57.2 Å². The molecule has 0 aliphatic carbocycles. The summed E-state index contributed by atoms with van der Waals surface area (Å²) in [5.41, 5.74) is 0.218. The molecule has 0 atom stereocenters. The van der Waals surface area contributed by atoms with Gasteiger partial charge in [0.05, 0.1) is 0 Å². The average molecular weight is 380 g/mol. The van der Waals surface area contributed by atoms with Crippen LogP contribution in [0.1, 0.15) is 20.8 Å². The van der Waals surface area contributed by atoms with Crippen LogP contribution in [0.4, 0.5) is 10.5 Å². The van der Waals surface area contributed by atoms with Crippen LogP contribution in [0.3, 0.4) is 0 Å². The largest absolute Gasteiger partial charge is 0.444 e. The van der Waals surface area contributed by atoms with Gasteiger partial charge in [-0.2, -0.15) is 0 Å². The fraction of sp³-hybridized carbons (Fsp3) is 0.235. The zero-order valence-electron chi connectivity index (χ0n) is 12.7. The van der Waals surface area contributed by atoms with E-state index in [1.165, 1.54) is 0 Å².